The number of hydrogen-bond acceptors (Lipinski definition) is 3. The molecule has 4 heteroatoms. The lowest BCUT2D eigenvalue weighted by molar-refractivity contribution is -0.121. The minimum atomic E-state index is -0.231. The van der Waals surface area contributed by atoms with Gasteiger partial charge in [0.15, 0.2) is 0 Å². The second-order valence-corrected chi connectivity index (χ2v) is 4.46. The second-order valence-electron chi connectivity index (χ2n) is 4.46. The molecule has 4 nitrogen and oxygen atoms in total. The molecule has 0 aliphatic carbocycles. The van der Waals surface area contributed by atoms with Crippen molar-refractivity contribution in [1.29, 1.82) is 0 Å². The van der Waals surface area contributed by atoms with Gasteiger partial charge < -0.3 is 15.7 Å². The van der Waals surface area contributed by atoms with Crippen LogP contribution in [0.2, 0.25) is 0 Å². The number of nitrogens with zero attached hydrogens (tertiary/aromatic N) is 1. The zero-order valence-electron chi connectivity index (χ0n) is 10.0. The molecule has 17 heavy (non-hydrogen) atoms. The molecule has 1 saturated heterocycles. The fraction of sp³-hybridized carbons (Fsp3) is 0.462. The Labute approximate surface area is 101 Å². The highest BCUT2D eigenvalue weighted by Crippen LogP contribution is 2.32. The minimum absolute atomic E-state index is 0.0675. The molecule has 1 unspecified atom stereocenters. The highest BCUT2D eigenvalue weighted by molar-refractivity contribution is 5.78. The molecule has 0 aromatic heterocycles. The summed E-state index contributed by atoms with van der Waals surface area (Å²) in [5.41, 5.74) is 7.29. The smallest absolute Gasteiger partial charge is 0.222 e. The van der Waals surface area contributed by atoms with Crippen LogP contribution >= 0.6 is 0 Å². The largest absolute Gasteiger partial charge is 0.508 e. The van der Waals surface area contributed by atoms with Crippen LogP contribution in [0.1, 0.15) is 18.9 Å². The van der Waals surface area contributed by atoms with E-state index in [0.29, 0.717) is 12.3 Å². The molecule has 1 aliphatic heterocycles. The van der Waals surface area contributed by atoms with Gasteiger partial charge in [-0.1, -0.05) is 13.0 Å². The van der Waals surface area contributed by atoms with Crippen molar-refractivity contribution in [3.05, 3.63) is 23.8 Å². The predicted octanol–water partition coefficient (Wildman–Crippen LogP) is 1.27. The quantitative estimate of drug-likeness (QED) is 0.827. The van der Waals surface area contributed by atoms with Crippen LogP contribution in [0, 0.1) is 5.92 Å². The van der Waals surface area contributed by atoms with Crippen molar-refractivity contribution in [2.45, 2.75) is 19.8 Å². The molecule has 1 amide bonds. The van der Waals surface area contributed by atoms with Gasteiger partial charge in [-0.2, -0.15) is 0 Å². The number of amides is 1. The minimum Gasteiger partial charge on any atom is -0.508 e. The monoisotopic (exact) mass is 234 g/mol. The van der Waals surface area contributed by atoms with Crippen LogP contribution in [0.3, 0.4) is 0 Å². The van der Waals surface area contributed by atoms with E-state index in [2.05, 4.69) is 4.90 Å². The first-order valence-electron chi connectivity index (χ1n) is 5.98. The Balaban J connectivity index is 2.24. The van der Waals surface area contributed by atoms with Gasteiger partial charge in [0.1, 0.15) is 5.75 Å². The summed E-state index contributed by atoms with van der Waals surface area (Å²) >= 11 is 0. The van der Waals surface area contributed by atoms with E-state index in [0.717, 1.165) is 30.6 Å². The average Bonchev–Trinajstić information content (AvgIpc) is 2.77. The molecule has 0 bridgehead atoms. The van der Waals surface area contributed by atoms with Gasteiger partial charge >= 0.3 is 0 Å². The standard InChI is InChI=1S/C13H18N2O2/c1-2-10-11(4-3-5-12(10)16)15-7-6-9(8-15)13(14)17/h3-5,9,16H,2,6-8H2,1H3,(H2,14,17). The number of nitrogens with two attached hydrogens (primary N) is 1. The Hall–Kier alpha value is -1.71. The predicted molar refractivity (Wildman–Crippen MR) is 67.0 cm³/mol. The third-order valence-corrected chi connectivity index (χ3v) is 3.41. The topological polar surface area (TPSA) is 66.6 Å². The summed E-state index contributed by atoms with van der Waals surface area (Å²) in [6.07, 6.45) is 1.58. The molecule has 0 radical (unpaired) electrons. The first-order chi connectivity index (χ1) is 8.13. The molecule has 1 aromatic carbocycles. The van der Waals surface area contributed by atoms with Crippen molar-refractivity contribution in [1.82, 2.24) is 0 Å². The van der Waals surface area contributed by atoms with Crippen LogP contribution in [-0.2, 0) is 11.2 Å². The van der Waals surface area contributed by atoms with Gasteiger partial charge in [-0.3, -0.25) is 4.79 Å². The summed E-state index contributed by atoms with van der Waals surface area (Å²) in [6, 6.07) is 5.52. The molecule has 1 heterocycles. The van der Waals surface area contributed by atoms with Crippen molar-refractivity contribution < 1.29 is 9.90 Å². The number of phenolic OH excluding ortho intramolecular Hbond substituents is 1. The molecule has 1 aromatic rings. The average molecular weight is 234 g/mol. The summed E-state index contributed by atoms with van der Waals surface area (Å²) in [4.78, 5) is 13.3. The number of primary amides is 1. The Bertz CT molecular complexity index is 431. The number of carbonyl (C=O) groups excluding carboxylic acids is 1. The highest BCUT2D eigenvalue weighted by atomic mass is 16.3. The number of rotatable bonds is 3. The van der Waals surface area contributed by atoms with Crippen molar-refractivity contribution >= 4 is 11.6 Å². The Morgan fingerprint density at radius 3 is 2.94 bits per heavy atom. The van der Waals surface area contributed by atoms with Gasteiger partial charge in [0.25, 0.3) is 0 Å². The summed E-state index contributed by atoms with van der Waals surface area (Å²) in [5.74, 6) is 0.0280. The van der Waals surface area contributed by atoms with E-state index in [4.69, 9.17) is 5.73 Å². The molecule has 92 valence electrons. The first-order valence-corrected chi connectivity index (χ1v) is 5.98. The number of anilines is 1. The zero-order chi connectivity index (χ0) is 12.4. The molecule has 0 saturated carbocycles. The van der Waals surface area contributed by atoms with Gasteiger partial charge in [0.2, 0.25) is 5.91 Å². The maximum Gasteiger partial charge on any atom is 0.222 e. The maximum absolute atomic E-state index is 11.1. The number of aromatic hydroxyl groups is 1. The number of carbonyl (C=O) groups is 1. The van der Waals surface area contributed by atoms with Crippen LogP contribution in [0.4, 0.5) is 5.69 Å². The van der Waals surface area contributed by atoms with Crippen LogP contribution in [0.15, 0.2) is 18.2 Å². The van der Waals surface area contributed by atoms with Crippen LogP contribution < -0.4 is 10.6 Å². The van der Waals surface area contributed by atoms with Crippen molar-refractivity contribution in [3.63, 3.8) is 0 Å². The molecule has 1 fully saturated rings. The summed E-state index contributed by atoms with van der Waals surface area (Å²) in [6.45, 7) is 3.50. The van der Waals surface area contributed by atoms with Gasteiger partial charge in [0, 0.05) is 24.3 Å². The number of hydrogen-bond donors (Lipinski definition) is 2. The lowest BCUT2D eigenvalue weighted by Gasteiger charge is -2.22. The molecule has 3 N–H and O–H groups in total. The SMILES string of the molecule is CCc1c(O)cccc1N1CCC(C(N)=O)C1. The number of phenols is 1. The third kappa shape index (κ3) is 2.20. The lowest BCUT2D eigenvalue weighted by Crippen LogP contribution is -2.27. The van der Waals surface area contributed by atoms with E-state index in [-0.39, 0.29) is 11.8 Å². The first kappa shape index (κ1) is 11.8. The Morgan fingerprint density at radius 1 is 1.59 bits per heavy atom. The summed E-state index contributed by atoms with van der Waals surface area (Å²) in [7, 11) is 0. The molecule has 1 aliphatic rings. The highest BCUT2D eigenvalue weighted by Gasteiger charge is 2.28. The maximum atomic E-state index is 11.1. The van der Waals surface area contributed by atoms with E-state index in [9.17, 15) is 9.90 Å². The fourth-order valence-corrected chi connectivity index (χ4v) is 2.43. The number of benzene rings is 1. The van der Waals surface area contributed by atoms with E-state index in [1.54, 1.807) is 6.07 Å². The molecule has 2 rings (SSSR count). The summed E-state index contributed by atoms with van der Waals surface area (Å²) < 4.78 is 0. The van der Waals surface area contributed by atoms with Crippen LogP contribution in [0.25, 0.3) is 0 Å². The molecule has 0 spiro atoms. The molecular formula is C13H18N2O2. The van der Waals surface area contributed by atoms with Crippen molar-refractivity contribution in [2.24, 2.45) is 11.7 Å². The van der Waals surface area contributed by atoms with E-state index < -0.39 is 0 Å². The van der Waals surface area contributed by atoms with Gasteiger partial charge in [-0.15, -0.1) is 0 Å². The van der Waals surface area contributed by atoms with Crippen LogP contribution in [-0.4, -0.2) is 24.1 Å². The molecule has 1 atom stereocenters. The Kier molecular flexibility index (Phi) is 3.22. The molecular weight excluding hydrogens is 216 g/mol. The zero-order valence-corrected chi connectivity index (χ0v) is 10.0. The summed E-state index contributed by atoms with van der Waals surface area (Å²) in [5, 5.41) is 9.81. The van der Waals surface area contributed by atoms with E-state index in [1.165, 1.54) is 0 Å². The van der Waals surface area contributed by atoms with Gasteiger partial charge in [-0.25, -0.2) is 0 Å². The third-order valence-electron chi connectivity index (χ3n) is 3.41. The second kappa shape index (κ2) is 4.65. The van der Waals surface area contributed by atoms with Crippen molar-refractivity contribution in [3.8, 4) is 5.75 Å². The Morgan fingerprint density at radius 2 is 2.35 bits per heavy atom. The van der Waals surface area contributed by atoms with E-state index >= 15 is 0 Å². The van der Waals surface area contributed by atoms with Crippen LogP contribution in [0.5, 0.6) is 5.75 Å². The van der Waals surface area contributed by atoms with Gasteiger partial charge in [0.05, 0.1) is 5.92 Å². The lowest BCUT2D eigenvalue weighted by atomic mass is 10.1. The fourth-order valence-electron chi connectivity index (χ4n) is 2.43. The van der Waals surface area contributed by atoms with E-state index in [1.807, 2.05) is 19.1 Å². The van der Waals surface area contributed by atoms with Gasteiger partial charge in [-0.05, 0) is 25.0 Å². The van der Waals surface area contributed by atoms with Crippen molar-refractivity contribution in [2.75, 3.05) is 18.0 Å². The normalized spacial score (nSPS) is 19.6.